The molecule has 8 heteroatoms. The van der Waals surface area contributed by atoms with Crippen molar-refractivity contribution in [1.29, 1.82) is 0 Å². The van der Waals surface area contributed by atoms with Gasteiger partial charge in [-0.1, -0.05) is 31.4 Å². The Labute approximate surface area is 189 Å². The number of carbonyl (C=O) groups excluding carboxylic acids is 2. The highest BCUT2D eigenvalue weighted by atomic mass is 19.2. The Kier molecular flexibility index (Phi) is 6.19. The molecule has 1 aliphatic carbocycles. The van der Waals surface area contributed by atoms with Crippen LogP contribution in [0.1, 0.15) is 56.1 Å². The van der Waals surface area contributed by atoms with Gasteiger partial charge in [-0.15, -0.1) is 0 Å². The van der Waals surface area contributed by atoms with E-state index in [1.54, 1.807) is 12.1 Å². The summed E-state index contributed by atoms with van der Waals surface area (Å²) in [5, 5.41) is 15.7. The second-order valence-electron chi connectivity index (χ2n) is 8.96. The lowest BCUT2D eigenvalue weighted by Crippen LogP contribution is -2.44. The molecule has 1 heterocycles. The highest BCUT2D eigenvalue weighted by Crippen LogP contribution is 2.34. The molecule has 174 valence electrons. The zero-order chi connectivity index (χ0) is 23.8. The Morgan fingerprint density at radius 3 is 2.45 bits per heavy atom. The third-order valence-corrected chi connectivity index (χ3v) is 6.46. The van der Waals surface area contributed by atoms with Crippen LogP contribution in [0.2, 0.25) is 0 Å². The number of halogens is 3. The number of hydrogen-bond donors (Lipinski definition) is 3. The lowest BCUT2D eigenvalue weighted by Gasteiger charge is -2.25. The molecule has 0 saturated heterocycles. The third-order valence-electron chi connectivity index (χ3n) is 6.46. The van der Waals surface area contributed by atoms with Crippen LogP contribution >= 0.6 is 0 Å². The summed E-state index contributed by atoms with van der Waals surface area (Å²) in [7, 11) is 0. The molecule has 5 nitrogen and oxygen atoms in total. The van der Waals surface area contributed by atoms with Crippen LogP contribution in [0.5, 0.6) is 0 Å². The molecular weight excluding hydrogens is 433 g/mol. The predicted molar refractivity (Wildman–Crippen MR) is 117 cm³/mol. The molecule has 0 spiro atoms. The molecule has 1 saturated carbocycles. The van der Waals surface area contributed by atoms with E-state index in [4.69, 9.17) is 0 Å². The molecule has 1 fully saturated rings. The van der Waals surface area contributed by atoms with Crippen LogP contribution in [0.3, 0.4) is 0 Å². The van der Waals surface area contributed by atoms with Gasteiger partial charge in [0.1, 0.15) is 17.1 Å². The minimum Gasteiger partial charge on any atom is -0.509 e. The van der Waals surface area contributed by atoms with Crippen molar-refractivity contribution in [3.63, 3.8) is 0 Å². The highest BCUT2D eigenvalue weighted by molar-refractivity contribution is 6.24. The molecule has 4 rings (SSSR count). The number of benzene rings is 2. The van der Waals surface area contributed by atoms with Gasteiger partial charge in [0.25, 0.3) is 11.8 Å². The average molecular weight is 458 g/mol. The standard InChI is InChI=1S/C25H25F3N2O3/c1-25(13-16-11-17(26)12-19(27)21(16)28)22(31)20(24(33)30-25)23(32)29-18-9-7-15(8-10-18)14-5-3-2-4-6-14/h7-12,14,31H,2-6,13H2,1H3,(H,29,32)(H,30,33). The first-order valence-electron chi connectivity index (χ1n) is 11.0. The third kappa shape index (κ3) is 4.60. The van der Waals surface area contributed by atoms with E-state index in [9.17, 15) is 27.9 Å². The van der Waals surface area contributed by atoms with Gasteiger partial charge < -0.3 is 15.7 Å². The van der Waals surface area contributed by atoms with Gasteiger partial charge in [-0.05, 0) is 55.0 Å². The van der Waals surface area contributed by atoms with Gasteiger partial charge in [0.05, 0.1) is 5.54 Å². The van der Waals surface area contributed by atoms with Gasteiger partial charge >= 0.3 is 0 Å². The van der Waals surface area contributed by atoms with Crippen LogP contribution in [0.25, 0.3) is 0 Å². The minimum absolute atomic E-state index is 0.373. The number of amides is 2. The maximum Gasteiger partial charge on any atom is 0.264 e. The van der Waals surface area contributed by atoms with E-state index in [2.05, 4.69) is 10.6 Å². The number of carbonyl (C=O) groups is 2. The monoisotopic (exact) mass is 458 g/mol. The number of anilines is 1. The summed E-state index contributed by atoms with van der Waals surface area (Å²) < 4.78 is 41.2. The quantitative estimate of drug-likeness (QED) is 0.434. The summed E-state index contributed by atoms with van der Waals surface area (Å²) in [5.74, 6) is -5.45. The van der Waals surface area contributed by atoms with Crippen LogP contribution < -0.4 is 10.6 Å². The van der Waals surface area contributed by atoms with Crippen molar-refractivity contribution >= 4 is 17.5 Å². The summed E-state index contributed by atoms with van der Waals surface area (Å²) in [4.78, 5) is 25.2. The van der Waals surface area contributed by atoms with Crippen LogP contribution in [-0.2, 0) is 16.0 Å². The molecule has 0 aromatic heterocycles. The summed E-state index contributed by atoms with van der Waals surface area (Å²) in [5.41, 5.74) is -0.840. The van der Waals surface area contributed by atoms with Crippen LogP contribution in [-0.4, -0.2) is 22.5 Å². The molecule has 1 aliphatic heterocycles. The molecule has 2 amide bonds. The number of aliphatic hydroxyl groups is 1. The molecule has 33 heavy (non-hydrogen) atoms. The van der Waals surface area contributed by atoms with E-state index < -0.39 is 52.6 Å². The lowest BCUT2D eigenvalue weighted by atomic mass is 9.84. The SMILES string of the molecule is CC1(Cc2cc(F)cc(F)c2F)NC(=O)C(C(=O)Nc2ccc(C3CCCCC3)cc2)=C1O. The van der Waals surface area contributed by atoms with Crippen molar-refractivity contribution in [2.75, 3.05) is 5.32 Å². The number of aliphatic hydroxyl groups excluding tert-OH is 1. The second kappa shape index (κ2) is 8.92. The van der Waals surface area contributed by atoms with Crippen LogP contribution in [0, 0.1) is 17.5 Å². The van der Waals surface area contributed by atoms with Gasteiger partial charge in [-0.3, -0.25) is 9.59 Å². The first-order valence-corrected chi connectivity index (χ1v) is 11.0. The summed E-state index contributed by atoms with van der Waals surface area (Å²) >= 11 is 0. The van der Waals surface area contributed by atoms with Crippen molar-refractivity contribution in [2.45, 2.75) is 56.9 Å². The van der Waals surface area contributed by atoms with Gasteiger partial charge in [0.15, 0.2) is 11.6 Å². The first kappa shape index (κ1) is 22.9. The Bertz CT molecular complexity index is 1120. The fraction of sp³-hybridized carbons (Fsp3) is 0.360. The zero-order valence-electron chi connectivity index (χ0n) is 18.2. The van der Waals surface area contributed by atoms with Crippen molar-refractivity contribution in [2.24, 2.45) is 0 Å². The summed E-state index contributed by atoms with van der Waals surface area (Å²) in [6, 6.07) is 8.57. The van der Waals surface area contributed by atoms with Crippen molar-refractivity contribution in [3.05, 3.63) is 76.3 Å². The average Bonchev–Trinajstić information content (AvgIpc) is 3.00. The molecule has 0 radical (unpaired) electrons. The normalized spacial score (nSPS) is 21.3. The van der Waals surface area contributed by atoms with Crippen LogP contribution in [0.4, 0.5) is 18.9 Å². The molecule has 1 atom stereocenters. The maximum atomic E-state index is 14.1. The van der Waals surface area contributed by atoms with Crippen LogP contribution in [0.15, 0.2) is 47.7 Å². The topological polar surface area (TPSA) is 78.4 Å². The Hall–Kier alpha value is -3.29. The summed E-state index contributed by atoms with van der Waals surface area (Å²) in [6.45, 7) is 1.35. The van der Waals surface area contributed by atoms with Crippen molar-refractivity contribution < 1.29 is 27.9 Å². The van der Waals surface area contributed by atoms with E-state index in [0.29, 0.717) is 17.7 Å². The smallest absolute Gasteiger partial charge is 0.264 e. The predicted octanol–water partition coefficient (Wildman–Crippen LogP) is 5.03. The summed E-state index contributed by atoms with van der Waals surface area (Å²) in [6.07, 6.45) is 5.50. The molecule has 2 aromatic carbocycles. The Balaban J connectivity index is 1.52. The number of rotatable bonds is 5. The number of nitrogens with one attached hydrogen (secondary N) is 2. The van der Waals surface area contributed by atoms with E-state index in [-0.39, 0.29) is 5.56 Å². The zero-order valence-corrected chi connectivity index (χ0v) is 18.2. The first-order chi connectivity index (χ1) is 15.7. The van der Waals surface area contributed by atoms with E-state index in [1.807, 2.05) is 12.1 Å². The fourth-order valence-corrected chi connectivity index (χ4v) is 4.68. The molecular formula is C25H25F3N2O3. The Morgan fingerprint density at radius 2 is 1.79 bits per heavy atom. The van der Waals surface area contributed by atoms with Gasteiger partial charge in [-0.2, -0.15) is 0 Å². The van der Waals surface area contributed by atoms with E-state index in [1.165, 1.54) is 31.7 Å². The molecule has 2 aromatic rings. The maximum absolute atomic E-state index is 14.1. The van der Waals surface area contributed by atoms with Gasteiger partial charge in [0.2, 0.25) is 0 Å². The minimum atomic E-state index is -1.60. The second-order valence-corrected chi connectivity index (χ2v) is 8.96. The molecule has 3 N–H and O–H groups in total. The van der Waals surface area contributed by atoms with Crippen molar-refractivity contribution in [1.82, 2.24) is 5.32 Å². The molecule has 0 bridgehead atoms. The lowest BCUT2D eigenvalue weighted by molar-refractivity contribution is -0.121. The van der Waals surface area contributed by atoms with Crippen molar-refractivity contribution in [3.8, 4) is 0 Å². The Morgan fingerprint density at radius 1 is 1.12 bits per heavy atom. The van der Waals surface area contributed by atoms with E-state index in [0.717, 1.165) is 18.9 Å². The van der Waals surface area contributed by atoms with Gasteiger partial charge in [-0.25, -0.2) is 13.2 Å². The highest BCUT2D eigenvalue weighted by Gasteiger charge is 2.45. The van der Waals surface area contributed by atoms with E-state index >= 15 is 0 Å². The molecule has 1 unspecified atom stereocenters. The van der Waals surface area contributed by atoms with Gasteiger partial charge in [0, 0.05) is 18.2 Å². The molecule has 2 aliphatic rings. The number of hydrogen-bond acceptors (Lipinski definition) is 3. The fourth-order valence-electron chi connectivity index (χ4n) is 4.68. The largest absolute Gasteiger partial charge is 0.509 e.